The second kappa shape index (κ2) is 6.24. The minimum absolute atomic E-state index is 0.531. The lowest BCUT2D eigenvalue weighted by Gasteiger charge is -2.21. The molecule has 0 saturated carbocycles. The van der Waals surface area contributed by atoms with Gasteiger partial charge in [0.2, 0.25) is 0 Å². The predicted octanol–water partition coefficient (Wildman–Crippen LogP) is 4.32. The minimum Gasteiger partial charge on any atom is -0.374 e. The zero-order valence-corrected chi connectivity index (χ0v) is 10.8. The highest BCUT2D eigenvalue weighted by atomic mass is 35.5. The highest BCUT2D eigenvalue weighted by Gasteiger charge is 2.06. The van der Waals surface area contributed by atoms with E-state index in [0.29, 0.717) is 5.88 Å². The number of unbranched alkanes of at least 4 members (excludes halogenated alkanes) is 1. The van der Waals surface area contributed by atoms with Crippen molar-refractivity contribution in [3.8, 4) is 0 Å². The van der Waals surface area contributed by atoms with Crippen LogP contribution in [0.2, 0.25) is 5.02 Å². The molecule has 0 unspecified atom stereocenters. The first kappa shape index (κ1) is 12.7. The summed E-state index contributed by atoms with van der Waals surface area (Å²) in [7, 11) is 2.08. The molecule has 0 atom stereocenters. The number of hydrogen-bond acceptors (Lipinski definition) is 1. The molecule has 0 bridgehead atoms. The van der Waals surface area contributed by atoms with Crippen molar-refractivity contribution in [2.45, 2.75) is 25.6 Å². The molecule has 1 nitrogen and oxygen atoms in total. The maximum Gasteiger partial charge on any atom is 0.0494 e. The second-order valence-corrected chi connectivity index (χ2v) is 4.39. The number of benzene rings is 1. The van der Waals surface area contributed by atoms with Crippen LogP contribution in [0.4, 0.5) is 5.69 Å². The average Bonchev–Trinajstić information content (AvgIpc) is 2.25. The van der Waals surface area contributed by atoms with Crippen LogP contribution in [-0.2, 0) is 5.88 Å². The number of rotatable bonds is 5. The average molecular weight is 246 g/mol. The smallest absolute Gasteiger partial charge is 0.0494 e. The van der Waals surface area contributed by atoms with Gasteiger partial charge >= 0.3 is 0 Å². The molecule has 3 heteroatoms. The molecule has 0 aliphatic rings. The van der Waals surface area contributed by atoms with Gasteiger partial charge in [-0.3, -0.25) is 0 Å². The van der Waals surface area contributed by atoms with Crippen LogP contribution < -0.4 is 4.90 Å². The third kappa shape index (κ3) is 3.58. The SMILES string of the molecule is CCCCN(C)c1cc(Cl)ccc1CCl. The summed E-state index contributed by atoms with van der Waals surface area (Å²) >= 11 is 11.9. The Morgan fingerprint density at radius 3 is 2.67 bits per heavy atom. The number of anilines is 1. The van der Waals surface area contributed by atoms with Crippen molar-refractivity contribution in [1.82, 2.24) is 0 Å². The van der Waals surface area contributed by atoms with Crippen LogP contribution in [-0.4, -0.2) is 13.6 Å². The first-order chi connectivity index (χ1) is 7.19. The van der Waals surface area contributed by atoms with Gasteiger partial charge in [-0.1, -0.05) is 31.0 Å². The predicted molar refractivity (Wildman–Crippen MR) is 69.2 cm³/mol. The molecular weight excluding hydrogens is 229 g/mol. The Bertz CT molecular complexity index is 312. The molecule has 0 fully saturated rings. The fraction of sp³-hybridized carbons (Fsp3) is 0.500. The molecule has 15 heavy (non-hydrogen) atoms. The maximum absolute atomic E-state index is 5.98. The molecule has 0 radical (unpaired) electrons. The van der Waals surface area contributed by atoms with Crippen molar-refractivity contribution in [3.05, 3.63) is 28.8 Å². The van der Waals surface area contributed by atoms with Gasteiger partial charge in [-0.15, -0.1) is 11.6 Å². The van der Waals surface area contributed by atoms with E-state index in [4.69, 9.17) is 23.2 Å². The number of alkyl halides is 1. The fourth-order valence-electron chi connectivity index (χ4n) is 1.52. The van der Waals surface area contributed by atoms with Crippen molar-refractivity contribution in [2.75, 3.05) is 18.5 Å². The van der Waals surface area contributed by atoms with E-state index in [2.05, 4.69) is 18.9 Å². The molecular formula is C12H17Cl2N. The standard InChI is InChI=1S/C12H17Cl2N/c1-3-4-7-15(2)12-8-11(14)6-5-10(12)9-13/h5-6,8H,3-4,7,9H2,1-2H3. The molecule has 0 heterocycles. The van der Waals surface area contributed by atoms with Gasteiger partial charge in [-0.25, -0.2) is 0 Å². The summed E-state index contributed by atoms with van der Waals surface area (Å²) < 4.78 is 0. The van der Waals surface area contributed by atoms with Gasteiger partial charge in [0.05, 0.1) is 0 Å². The summed E-state index contributed by atoms with van der Waals surface area (Å²) in [6.45, 7) is 3.23. The van der Waals surface area contributed by atoms with Crippen LogP contribution in [0, 0.1) is 0 Å². The van der Waals surface area contributed by atoms with Gasteiger partial charge in [-0.2, -0.15) is 0 Å². The van der Waals surface area contributed by atoms with E-state index in [9.17, 15) is 0 Å². The van der Waals surface area contributed by atoms with E-state index in [1.807, 2.05) is 18.2 Å². The van der Waals surface area contributed by atoms with Gasteiger partial charge in [-0.05, 0) is 24.1 Å². The van der Waals surface area contributed by atoms with Gasteiger partial charge in [0.15, 0.2) is 0 Å². The van der Waals surface area contributed by atoms with Crippen molar-refractivity contribution in [2.24, 2.45) is 0 Å². The van der Waals surface area contributed by atoms with Crippen molar-refractivity contribution in [1.29, 1.82) is 0 Å². The Balaban J connectivity index is 2.85. The fourth-order valence-corrected chi connectivity index (χ4v) is 1.91. The molecule has 0 aliphatic heterocycles. The molecule has 0 spiro atoms. The van der Waals surface area contributed by atoms with Gasteiger partial charge < -0.3 is 4.90 Å². The normalized spacial score (nSPS) is 10.4. The highest BCUT2D eigenvalue weighted by Crippen LogP contribution is 2.25. The summed E-state index contributed by atoms with van der Waals surface area (Å²) in [5, 5.41) is 0.766. The molecule has 0 N–H and O–H groups in total. The Hall–Kier alpha value is -0.400. The van der Waals surface area contributed by atoms with Gasteiger partial charge in [0.25, 0.3) is 0 Å². The quantitative estimate of drug-likeness (QED) is 0.699. The van der Waals surface area contributed by atoms with Crippen LogP contribution in [0.25, 0.3) is 0 Å². The lowest BCUT2D eigenvalue weighted by Crippen LogP contribution is -2.19. The van der Waals surface area contributed by atoms with Crippen molar-refractivity contribution in [3.63, 3.8) is 0 Å². The highest BCUT2D eigenvalue weighted by molar-refractivity contribution is 6.31. The molecule has 84 valence electrons. The van der Waals surface area contributed by atoms with E-state index in [1.54, 1.807) is 0 Å². The molecule has 0 amide bonds. The lowest BCUT2D eigenvalue weighted by atomic mass is 10.2. The van der Waals surface area contributed by atoms with Crippen LogP contribution in [0.5, 0.6) is 0 Å². The number of halogens is 2. The monoisotopic (exact) mass is 245 g/mol. The number of hydrogen-bond donors (Lipinski definition) is 0. The van der Waals surface area contributed by atoms with E-state index in [-0.39, 0.29) is 0 Å². The molecule has 1 aromatic carbocycles. The first-order valence-electron chi connectivity index (χ1n) is 5.24. The third-order valence-corrected chi connectivity index (χ3v) is 2.97. The van der Waals surface area contributed by atoms with Crippen LogP contribution >= 0.6 is 23.2 Å². The molecule has 1 rings (SSSR count). The van der Waals surface area contributed by atoms with Gasteiger partial charge in [0.1, 0.15) is 0 Å². The van der Waals surface area contributed by atoms with E-state index in [1.165, 1.54) is 12.8 Å². The molecule has 0 aromatic heterocycles. The van der Waals surface area contributed by atoms with Crippen molar-refractivity contribution >= 4 is 28.9 Å². The van der Waals surface area contributed by atoms with Crippen molar-refractivity contribution < 1.29 is 0 Å². The molecule has 0 aliphatic carbocycles. The van der Waals surface area contributed by atoms with E-state index in [0.717, 1.165) is 22.8 Å². The third-order valence-electron chi connectivity index (χ3n) is 2.45. The minimum atomic E-state index is 0.531. The van der Waals surface area contributed by atoms with Crippen LogP contribution in [0.15, 0.2) is 18.2 Å². The van der Waals surface area contributed by atoms with Crippen LogP contribution in [0.3, 0.4) is 0 Å². The second-order valence-electron chi connectivity index (χ2n) is 3.68. The largest absolute Gasteiger partial charge is 0.374 e. The lowest BCUT2D eigenvalue weighted by molar-refractivity contribution is 0.765. The first-order valence-corrected chi connectivity index (χ1v) is 6.15. The number of nitrogens with zero attached hydrogens (tertiary/aromatic N) is 1. The zero-order valence-electron chi connectivity index (χ0n) is 9.26. The topological polar surface area (TPSA) is 3.24 Å². The summed E-state index contributed by atoms with van der Waals surface area (Å²) in [5.74, 6) is 0.531. The summed E-state index contributed by atoms with van der Waals surface area (Å²) in [6.07, 6.45) is 2.38. The summed E-state index contributed by atoms with van der Waals surface area (Å²) in [6, 6.07) is 5.86. The molecule has 1 aromatic rings. The zero-order chi connectivity index (χ0) is 11.3. The Morgan fingerprint density at radius 2 is 2.07 bits per heavy atom. The Labute approximate surface area is 102 Å². The molecule has 0 saturated heterocycles. The van der Waals surface area contributed by atoms with E-state index >= 15 is 0 Å². The van der Waals surface area contributed by atoms with Crippen LogP contribution in [0.1, 0.15) is 25.3 Å². The Kier molecular flexibility index (Phi) is 5.27. The Morgan fingerprint density at radius 1 is 1.33 bits per heavy atom. The summed E-state index contributed by atoms with van der Waals surface area (Å²) in [5.41, 5.74) is 2.28. The maximum atomic E-state index is 5.98. The van der Waals surface area contributed by atoms with Gasteiger partial charge in [0, 0.05) is 30.2 Å². The van der Waals surface area contributed by atoms with E-state index < -0.39 is 0 Å². The summed E-state index contributed by atoms with van der Waals surface area (Å²) in [4.78, 5) is 2.22.